The summed E-state index contributed by atoms with van der Waals surface area (Å²) < 4.78 is 0. The summed E-state index contributed by atoms with van der Waals surface area (Å²) in [5, 5.41) is 12.0. The van der Waals surface area contributed by atoms with Gasteiger partial charge in [-0.05, 0) is 18.9 Å². The molecule has 0 bridgehead atoms. The number of urea groups is 1. The van der Waals surface area contributed by atoms with E-state index in [2.05, 4.69) is 5.32 Å². The molecule has 1 aromatic rings. The largest absolute Gasteiger partial charge is 0.479 e. The average Bonchev–Trinajstić information content (AvgIpc) is 2.39. The summed E-state index contributed by atoms with van der Waals surface area (Å²) in [4.78, 5) is 25.0. The molecule has 0 aliphatic carbocycles. The second-order valence-corrected chi connectivity index (χ2v) is 4.65. The third-order valence-electron chi connectivity index (χ3n) is 3.04. The van der Waals surface area contributed by atoms with Crippen molar-refractivity contribution in [3.63, 3.8) is 0 Å². The Morgan fingerprint density at radius 2 is 1.89 bits per heavy atom. The number of carboxylic acid groups (broad SMARTS) is 1. The van der Waals surface area contributed by atoms with Gasteiger partial charge in [0.15, 0.2) is 5.54 Å². The number of carboxylic acids is 1. The van der Waals surface area contributed by atoms with E-state index in [-0.39, 0.29) is 0 Å². The Morgan fingerprint density at radius 1 is 1.32 bits per heavy atom. The van der Waals surface area contributed by atoms with Crippen molar-refractivity contribution in [2.45, 2.75) is 25.8 Å². The molecule has 0 saturated heterocycles. The molecule has 0 spiro atoms. The van der Waals surface area contributed by atoms with E-state index < -0.39 is 17.5 Å². The lowest BCUT2D eigenvalue weighted by atomic mass is 9.92. The van der Waals surface area contributed by atoms with Crippen LogP contribution in [0, 0.1) is 0 Å². The van der Waals surface area contributed by atoms with Gasteiger partial charge in [0.1, 0.15) is 0 Å². The van der Waals surface area contributed by atoms with E-state index in [0.29, 0.717) is 12.1 Å². The first-order valence-electron chi connectivity index (χ1n) is 6.24. The van der Waals surface area contributed by atoms with Crippen molar-refractivity contribution in [3.05, 3.63) is 35.9 Å². The van der Waals surface area contributed by atoms with E-state index in [1.807, 2.05) is 6.92 Å². The molecule has 19 heavy (non-hydrogen) atoms. The fraction of sp³-hybridized carbons (Fsp3) is 0.429. The van der Waals surface area contributed by atoms with Gasteiger partial charge in [-0.3, -0.25) is 0 Å². The Kier molecular flexibility index (Phi) is 4.92. The van der Waals surface area contributed by atoms with Gasteiger partial charge in [-0.25, -0.2) is 9.59 Å². The Labute approximate surface area is 113 Å². The number of hydrogen-bond donors (Lipinski definition) is 2. The fourth-order valence-electron chi connectivity index (χ4n) is 1.77. The number of amides is 2. The van der Waals surface area contributed by atoms with Gasteiger partial charge in [0.05, 0.1) is 0 Å². The quantitative estimate of drug-likeness (QED) is 0.855. The highest BCUT2D eigenvalue weighted by molar-refractivity contribution is 5.87. The normalized spacial score (nSPS) is 13.4. The lowest BCUT2D eigenvalue weighted by Gasteiger charge is -2.29. The van der Waals surface area contributed by atoms with Gasteiger partial charge in [0.2, 0.25) is 0 Å². The van der Waals surface area contributed by atoms with Crippen molar-refractivity contribution >= 4 is 12.0 Å². The standard InChI is InChI=1S/C14H20N2O3/c1-4-10-16(3)13(19)15-14(2,12(17)18)11-8-6-5-7-9-11/h5-9H,4,10H2,1-3H3,(H,15,19)(H,17,18). The smallest absolute Gasteiger partial charge is 0.333 e. The predicted octanol–water partition coefficient (Wildman–Crippen LogP) is 2.04. The number of nitrogens with one attached hydrogen (secondary N) is 1. The first-order chi connectivity index (χ1) is 8.91. The number of aliphatic carboxylic acids is 1. The number of carbonyl (C=O) groups is 2. The molecule has 1 unspecified atom stereocenters. The molecule has 1 rings (SSSR count). The minimum absolute atomic E-state index is 0.393. The molecule has 2 amide bonds. The van der Waals surface area contributed by atoms with Crippen LogP contribution in [0.3, 0.4) is 0 Å². The van der Waals surface area contributed by atoms with Gasteiger partial charge < -0.3 is 15.3 Å². The third-order valence-corrected chi connectivity index (χ3v) is 3.04. The maximum Gasteiger partial charge on any atom is 0.333 e. The zero-order chi connectivity index (χ0) is 14.5. The highest BCUT2D eigenvalue weighted by Gasteiger charge is 2.37. The van der Waals surface area contributed by atoms with Gasteiger partial charge >= 0.3 is 12.0 Å². The molecule has 0 aromatic heterocycles. The molecule has 0 fully saturated rings. The molecule has 2 N–H and O–H groups in total. The lowest BCUT2D eigenvalue weighted by Crippen LogP contribution is -2.53. The molecule has 5 heteroatoms. The van der Waals surface area contributed by atoms with Crippen molar-refractivity contribution in [2.24, 2.45) is 0 Å². The number of rotatable bonds is 5. The molecule has 0 aliphatic rings. The first-order valence-corrected chi connectivity index (χ1v) is 6.24. The average molecular weight is 264 g/mol. The molecule has 0 aliphatic heterocycles. The highest BCUT2D eigenvalue weighted by atomic mass is 16.4. The van der Waals surface area contributed by atoms with Crippen LogP contribution in [-0.4, -0.2) is 35.6 Å². The van der Waals surface area contributed by atoms with Crippen LogP contribution in [0.2, 0.25) is 0 Å². The summed E-state index contributed by atoms with van der Waals surface area (Å²) in [6.45, 7) is 4.02. The summed E-state index contributed by atoms with van der Waals surface area (Å²) in [5.74, 6) is -1.09. The van der Waals surface area contributed by atoms with Crippen molar-refractivity contribution in [1.82, 2.24) is 10.2 Å². The zero-order valence-corrected chi connectivity index (χ0v) is 11.5. The fourth-order valence-corrected chi connectivity index (χ4v) is 1.77. The molecule has 0 radical (unpaired) electrons. The molecule has 0 saturated carbocycles. The SMILES string of the molecule is CCCN(C)C(=O)NC(C)(C(=O)O)c1ccccc1. The van der Waals surface area contributed by atoms with Crippen LogP contribution in [0.15, 0.2) is 30.3 Å². The van der Waals surface area contributed by atoms with Crippen molar-refractivity contribution in [2.75, 3.05) is 13.6 Å². The van der Waals surface area contributed by atoms with Crippen molar-refractivity contribution in [1.29, 1.82) is 0 Å². The van der Waals surface area contributed by atoms with Gasteiger partial charge in [-0.1, -0.05) is 37.3 Å². The number of benzene rings is 1. The monoisotopic (exact) mass is 264 g/mol. The Morgan fingerprint density at radius 3 is 2.37 bits per heavy atom. The van der Waals surface area contributed by atoms with Crippen LogP contribution >= 0.6 is 0 Å². The lowest BCUT2D eigenvalue weighted by molar-refractivity contribution is -0.144. The molecule has 1 atom stereocenters. The number of carbonyl (C=O) groups excluding carboxylic acids is 1. The van der Waals surface area contributed by atoms with E-state index >= 15 is 0 Å². The highest BCUT2D eigenvalue weighted by Crippen LogP contribution is 2.21. The van der Waals surface area contributed by atoms with Gasteiger partial charge in [-0.2, -0.15) is 0 Å². The third kappa shape index (κ3) is 3.47. The van der Waals surface area contributed by atoms with E-state index in [1.165, 1.54) is 11.8 Å². The maximum atomic E-state index is 12.0. The molecular formula is C14H20N2O3. The van der Waals surface area contributed by atoms with Crippen molar-refractivity contribution < 1.29 is 14.7 Å². The molecule has 104 valence electrons. The second-order valence-electron chi connectivity index (χ2n) is 4.65. The summed E-state index contributed by atoms with van der Waals surface area (Å²) in [5.41, 5.74) is -0.888. The summed E-state index contributed by atoms with van der Waals surface area (Å²) in [6.07, 6.45) is 0.818. The maximum absolute atomic E-state index is 12.0. The minimum Gasteiger partial charge on any atom is -0.479 e. The summed E-state index contributed by atoms with van der Waals surface area (Å²) >= 11 is 0. The molecule has 5 nitrogen and oxygen atoms in total. The van der Waals surface area contributed by atoms with Crippen molar-refractivity contribution in [3.8, 4) is 0 Å². The van der Waals surface area contributed by atoms with Crippen LogP contribution in [0.5, 0.6) is 0 Å². The Hall–Kier alpha value is -2.04. The second kappa shape index (κ2) is 6.22. The van der Waals surface area contributed by atoms with E-state index in [1.54, 1.807) is 37.4 Å². The van der Waals surface area contributed by atoms with Crippen LogP contribution in [0.25, 0.3) is 0 Å². The minimum atomic E-state index is -1.43. The van der Waals surface area contributed by atoms with Crippen LogP contribution in [0.1, 0.15) is 25.8 Å². The topological polar surface area (TPSA) is 69.6 Å². The van der Waals surface area contributed by atoms with Crippen LogP contribution in [0.4, 0.5) is 4.79 Å². The Bertz CT molecular complexity index is 447. The summed E-state index contributed by atoms with van der Waals surface area (Å²) in [7, 11) is 1.64. The number of hydrogen-bond acceptors (Lipinski definition) is 2. The Balaban J connectivity index is 2.96. The molecule has 0 heterocycles. The molecule has 1 aromatic carbocycles. The van der Waals surface area contributed by atoms with E-state index in [0.717, 1.165) is 6.42 Å². The van der Waals surface area contributed by atoms with E-state index in [4.69, 9.17) is 0 Å². The number of nitrogens with zero attached hydrogens (tertiary/aromatic N) is 1. The van der Waals surface area contributed by atoms with Gasteiger partial charge in [0.25, 0.3) is 0 Å². The summed E-state index contributed by atoms with van der Waals surface area (Å²) in [6, 6.07) is 8.28. The van der Waals surface area contributed by atoms with Crippen LogP contribution in [-0.2, 0) is 10.3 Å². The van der Waals surface area contributed by atoms with Gasteiger partial charge in [-0.15, -0.1) is 0 Å². The zero-order valence-electron chi connectivity index (χ0n) is 11.5. The van der Waals surface area contributed by atoms with E-state index in [9.17, 15) is 14.7 Å². The van der Waals surface area contributed by atoms with Gasteiger partial charge in [0, 0.05) is 13.6 Å². The first kappa shape index (κ1) is 15.0. The predicted molar refractivity (Wildman–Crippen MR) is 72.9 cm³/mol. The van der Waals surface area contributed by atoms with Crippen LogP contribution < -0.4 is 5.32 Å². The molecular weight excluding hydrogens is 244 g/mol.